The minimum absolute atomic E-state index is 0.145. The van der Waals surface area contributed by atoms with Crippen molar-refractivity contribution in [2.24, 2.45) is 23.7 Å². The average molecular weight is 798 g/mol. The summed E-state index contributed by atoms with van der Waals surface area (Å²) in [4.78, 5) is 28.0. The molecule has 9 rings (SSSR count). The molecule has 3 heteroatoms. The highest BCUT2D eigenvalue weighted by molar-refractivity contribution is 6.13. The van der Waals surface area contributed by atoms with E-state index in [0.717, 1.165) is 39.7 Å². The Morgan fingerprint density at radius 3 is 1.38 bits per heavy atom. The molecule has 0 N–H and O–H groups in total. The van der Waals surface area contributed by atoms with Gasteiger partial charge in [-0.25, -0.2) is 0 Å². The lowest BCUT2D eigenvalue weighted by Gasteiger charge is -2.41. The van der Waals surface area contributed by atoms with Crippen molar-refractivity contribution in [1.29, 1.82) is 0 Å². The molecule has 0 saturated carbocycles. The molecular formula is C58H55NO2. The van der Waals surface area contributed by atoms with E-state index in [4.69, 9.17) is 0 Å². The van der Waals surface area contributed by atoms with Crippen LogP contribution < -0.4 is 4.90 Å². The SMILES string of the molecule is CC(C)C1(C(C)C)c2ccccc2-c2ccc(N(c3ccc(C=CC(=O)c4cc5ccccc5cc4C=O)cc3)c3ccc4c(c3)C(C(C)C)(C(C)C)c3ccccc3-4)cc21. The summed E-state index contributed by atoms with van der Waals surface area (Å²) in [6, 6.07) is 52.2. The number of carbonyl (C=O) groups excluding carboxylic acids is 2. The summed E-state index contributed by atoms with van der Waals surface area (Å²) in [5.41, 5.74) is 15.6. The van der Waals surface area contributed by atoms with E-state index >= 15 is 0 Å². The number of anilines is 3. The van der Waals surface area contributed by atoms with Crippen LogP contribution in [-0.4, -0.2) is 12.1 Å². The third-order valence-corrected chi connectivity index (χ3v) is 14.3. The van der Waals surface area contributed by atoms with Gasteiger partial charge in [0.1, 0.15) is 0 Å². The van der Waals surface area contributed by atoms with E-state index in [1.165, 1.54) is 44.5 Å². The molecule has 0 bridgehead atoms. The van der Waals surface area contributed by atoms with Gasteiger partial charge in [-0.3, -0.25) is 9.59 Å². The lowest BCUT2D eigenvalue weighted by Crippen LogP contribution is -2.37. The Morgan fingerprint density at radius 2 is 0.902 bits per heavy atom. The minimum atomic E-state index is -0.200. The molecule has 0 aromatic heterocycles. The van der Waals surface area contributed by atoms with Gasteiger partial charge in [-0.05, 0) is 139 Å². The van der Waals surface area contributed by atoms with Gasteiger partial charge < -0.3 is 4.90 Å². The molecule has 0 aliphatic heterocycles. The molecule has 0 atom stereocenters. The highest BCUT2D eigenvalue weighted by Crippen LogP contribution is 2.59. The number of benzene rings is 7. The molecule has 0 spiro atoms. The van der Waals surface area contributed by atoms with Crippen molar-refractivity contribution >= 4 is 46.0 Å². The topological polar surface area (TPSA) is 37.4 Å². The molecule has 0 radical (unpaired) electrons. The number of rotatable bonds is 11. The maximum Gasteiger partial charge on any atom is 0.186 e. The van der Waals surface area contributed by atoms with Crippen molar-refractivity contribution in [2.75, 3.05) is 4.90 Å². The van der Waals surface area contributed by atoms with Gasteiger partial charge in [0.2, 0.25) is 0 Å². The Morgan fingerprint density at radius 1 is 0.475 bits per heavy atom. The maximum absolute atomic E-state index is 13.6. The number of hydrogen-bond acceptors (Lipinski definition) is 3. The first-order valence-corrected chi connectivity index (χ1v) is 22.0. The molecule has 0 saturated heterocycles. The fourth-order valence-electron chi connectivity index (χ4n) is 11.8. The normalized spacial score (nSPS) is 14.5. The molecule has 61 heavy (non-hydrogen) atoms. The quantitative estimate of drug-likeness (QED) is 0.0743. The molecule has 2 aliphatic rings. The molecule has 0 fully saturated rings. The van der Waals surface area contributed by atoms with Crippen molar-refractivity contribution in [3.05, 3.63) is 191 Å². The second kappa shape index (κ2) is 15.3. The zero-order chi connectivity index (χ0) is 42.8. The van der Waals surface area contributed by atoms with Crippen LogP contribution in [-0.2, 0) is 10.8 Å². The van der Waals surface area contributed by atoms with Crippen LogP contribution in [0.15, 0.2) is 152 Å². The molecule has 7 aromatic rings. The van der Waals surface area contributed by atoms with Gasteiger partial charge in [0.15, 0.2) is 12.1 Å². The van der Waals surface area contributed by atoms with Gasteiger partial charge in [0.25, 0.3) is 0 Å². The van der Waals surface area contributed by atoms with E-state index in [1.807, 2.05) is 36.4 Å². The van der Waals surface area contributed by atoms with Crippen molar-refractivity contribution < 1.29 is 9.59 Å². The minimum Gasteiger partial charge on any atom is -0.310 e. The molecule has 304 valence electrons. The Kier molecular flexibility index (Phi) is 10.1. The monoisotopic (exact) mass is 797 g/mol. The predicted octanol–water partition coefficient (Wildman–Crippen LogP) is 15.2. The van der Waals surface area contributed by atoms with Gasteiger partial charge in [0.05, 0.1) is 0 Å². The van der Waals surface area contributed by atoms with Gasteiger partial charge in [0, 0.05) is 39.0 Å². The summed E-state index contributed by atoms with van der Waals surface area (Å²) in [6.45, 7) is 19.0. The fraction of sp³-hybridized carbons (Fsp3) is 0.241. The molecule has 0 unspecified atom stereocenters. The predicted molar refractivity (Wildman–Crippen MR) is 256 cm³/mol. The average Bonchev–Trinajstić information content (AvgIpc) is 3.74. The van der Waals surface area contributed by atoms with Crippen LogP contribution in [0, 0.1) is 23.7 Å². The number of aldehydes is 1. The second-order valence-electron chi connectivity index (χ2n) is 18.4. The molecule has 3 nitrogen and oxygen atoms in total. The Hall–Kier alpha value is -6.32. The van der Waals surface area contributed by atoms with Crippen LogP contribution in [0.2, 0.25) is 0 Å². The zero-order valence-electron chi connectivity index (χ0n) is 36.7. The number of hydrogen-bond donors (Lipinski definition) is 0. The number of nitrogens with zero attached hydrogens (tertiary/aromatic N) is 1. The number of ketones is 1. The zero-order valence-corrected chi connectivity index (χ0v) is 36.7. The van der Waals surface area contributed by atoms with Crippen LogP contribution in [0.1, 0.15) is 104 Å². The van der Waals surface area contributed by atoms with Crippen LogP contribution in [0.3, 0.4) is 0 Å². The summed E-state index contributed by atoms with van der Waals surface area (Å²) in [7, 11) is 0. The summed E-state index contributed by atoms with van der Waals surface area (Å²) in [6.07, 6.45) is 4.19. The van der Waals surface area contributed by atoms with E-state index in [-0.39, 0.29) is 16.6 Å². The Balaban J connectivity index is 1.18. The Labute approximate surface area is 361 Å². The van der Waals surface area contributed by atoms with Crippen molar-refractivity contribution in [3.63, 3.8) is 0 Å². The van der Waals surface area contributed by atoms with Crippen LogP contribution in [0.5, 0.6) is 0 Å². The molecule has 0 amide bonds. The first kappa shape index (κ1) is 40.1. The Bertz CT molecular complexity index is 2740. The van der Waals surface area contributed by atoms with Crippen molar-refractivity contribution in [2.45, 2.75) is 66.2 Å². The summed E-state index contributed by atoms with van der Waals surface area (Å²) < 4.78 is 0. The lowest BCUT2D eigenvalue weighted by atomic mass is 9.63. The van der Waals surface area contributed by atoms with Crippen molar-refractivity contribution in [3.8, 4) is 22.3 Å². The fourth-order valence-corrected chi connectivity index (χ4v) is 11.8. The first-order chi connectivity index (χ1) is 29.4. The van der Waals surface area contributed by atoms with E-state index < -0.39 is 0 Å². The molecule has 2 aliphatic carbocycles. The van der Waals surface area contributed by atoms with E-state index in [9.17, 15) is 9.59 Å². The maximum atomic E-state index is 13.6. The summed E-state index contributed by atoms with van der Waals surface area (Å²) in [5.74, 6) is 1.30. The number of allylic oxidation sites excluding steroid dienone is 1. The van der Waals surface area contributed by atoms with Crippen molar-refractivity contribution in [1.82, 2.24) is 0 Å². The lowest BCUT2D eigenvalue weighted by molar-refractivity contribution is 0.103. The van der Waals surface area contributed by atoms with Gasteiger partial charge >= 0.3 is 0 Å². The molecule has 7 aromatic carbocycles. The summed E-state index contributed by atoms with van der Waals surface area (Å²) in [5, 5.41) is 1.86. The third-order valence-electron chi connectivity index (χ3n) is 14.3. The molecule has 0 heterocycles. The molecular weight excluding hydrogens is 743 g/mol. The largest absolute Gasteiger partial charge is 0.310 e. The highest BCUT2D eigenvalue weighted by atomic mass is 16.1. The van der Waals surface area contributed by atoms with E-state index in [2.05, 4.69) is 169 Å². The third kappa shape index (κ3) is 6.07. The standard InChI is InChI=1S/C58H55NO2/c1-36(2)57(37(3)4)52-19-13-11-17-47(52)49-28-26-45(33-54(49)57)59(46-27-29-50-48-18-12-14-20-53(48)58(38(5)6,39(7)8)55(50)34-46)44-24-21-40(22-25-44)23-30-56(61)51-32-42-16-10-9-15-41(42)31-43(51)35-60/h9-39H,1-8H3. The van der Waals surface area contributed by atoms with Gasteiger partial charge in [-0.15, -0.1) is 0 Å². The van der Waals surface area contributed by atoms with Gasteiger partial charge in [-0.1, -0.05) is 159 Å². The first-order valence-electron chi connectivity index (χ1n) is 22.0. The van der Waals surface area contributed by atoms with Crippen LogP contribution in [0.25, 0.3) is 39.1 Å². The smallest absolute Gasteiger partial charge is 0.186 e. The number of carbonyl (C=O) groups is 2. The van der Waals surface area contributed by atoms with Gasteiger partial charge in [-0.2, -0.15) is 0 Å². The highest BCUT2D eigenvalue weighted by Gasteiger charge is 2.49. The van der Waals surface area contributed by atoms with Crippen LogP contribution >= 0.6 is 0 Å². The van der Waals surface area contributed by atoms with Crippen LogP contribution in [0.4, 0.5) is 17.1 Å². The van der Waals surface area contributed by atoms with E-state index in [1.54, 1.807) is 12.1 Å². The second-order valence-corrected chi connectivity index (χ2v) is 18.4. The van der Waals surface area contributed by atoms with E-state index in [0.29, 0.717) is 34.8 Å². The number of fused-ring (bicyclic) bond motifs is 7. The summed E-state index contributed by atoms with van der Waals surface area (Å²) >= 11 is 0.